The number of amides is 1. The zero-order valence-electron chi connectivity index (χ0n) is 11.4. The first-order chi connectivity index (χ1) is 9.72. The summed E-state index contributed by atoms with van der Waals surface area (Å²) in [6.45, 7) is 1.18. The van der Waals surface area contributed by atoms with Gasteiger partial charge in [-0.15, -0.1) is 0 Å². The predicted molar refractivity (Wildman–Crippen MR) is 76.8 cm³/mol. The molecule has 0 radical (unpaired) electrons. The van der Waals surface area contributed by atoms with E-state index in [1.54, 1.807) is 30.1 Å². The maximum absolute atomic E-state index is 11.9. The molecule has 0 aliphatic rings. The van der Waals surface area contributed by atoms with E-state index < -0.39 is 0 Å². The van der Waals surface area contributed by atoms with Gasteiger partial charge in [0.05, 0.1) is 11.4 Å². The summed E-state index contributed by atoms with van der Waals surface area (Å²) >= 11 is 0. The number of carbonyl (C=O) groups excluding carboxylic acids is 1. The molecule has 0 saturated heterocycles. The first kappa shape index (κ1) is 14.1. The van der Waals surface area contributed by atoms with Gasteiger partial charge in [0, 0.05) is 26.5 Å². The number of benzene rings is 1. The Labute approximate surface area is 117 Å². The lowest BCUT2D eigenvalue weighted by molar-refractivity contribution is 0.0943. The molecule has 106 valence electrons. The lowest BCUT2D eigenvalue weighted by Gasteiger charge is -2.05. The second kappa shape index (κ2) is 6.72. The Morgan fingerprint density at radius 3 is 2.95 bits per heavy atom. The number of methoxy groups -OCH3 is 1. The minimum atomic E-state index is -0.200. The summed E-state index contributed by atoms with van der Waals surface area (Å²) in [5.74, 6) is -0.200. The summed E-state index contributed by atoms with van der Waals surface area (Å²) in [7, 11) is 1.63. The van der Waals surface area contributed by atoms with E-state index in [-0.39, 0.29) is 5.91 Å². The van der Waals surface area contributed by atoms with E-state index in [9.17, 15) is 4.79 Å². The third-order valence-electron chi connectivity index (χ3n) is 2.82. The van der Waals surface area contributed by atoms with Crippen molar-refractivity contribution in [3.8, 4) is 5.69 Å². The standard InChI is InChI=1S/C14H18N4O2/c1-20-10-4-8-16-14(19)12-7-9-18(17-12)13-6-3-2-5-11(13)15/h2-3,5-7,9H,4,8,10,15H2,1H3,(H,16,19). The SMILES string of the molecule is COCCCNC(=O)c1ccn(-c2ccccc2N)n1. The highest BCUT2D eigenvalue weighted by Gasteiger charge is 2.10. The molecule has 1 amide bonds. The summed E-state index contributed by atoms with van der Waals surface area (Å²) in [4.78, 5) is 11.9. The van der Waals surface area contributed by atoms with Gasteiger partial charge in [0.15, 0.2) is 5.69 Å². The van der Waals surface area contributed by atoms with Gasteiger partial charge in [-0.2, -0.15) is 5.10 Å². The van der Waals surface area contributed by atoms with Gasteiger partial charge in [0.1, 0.15) is 0 Å². The Bertz CT molecular complexity index is 580. The van der Waals surface area contributed by atoms with Crippen LogP contribution in [0, 0.1) is 0 Å². The van der Waals surface area contributed by atoms with Crippen molar-refractivity contribution in [1.29, 1.82) is 0 Å². The van der Waals surface area contributed by atoms with Gasteiger partial charge in [-0.05, 0) is 24.6 Å². The van der Waals surface area contributed by atoms with Crippen molar-refractivity contribution < 1.29 is 9.53 Å². The minimum absolute atomic E-state index is 0.200. The molecular weight excluding hydrogens is 256 g/mol. The normalized spacial score (nSPS) is 10.4. The van der Waals surface area contributed by atoms with E-state index in [2.05, 4.69) is 10.4 Å². The molecule has 0 aliphatic carbocycles. The Hall–Kier alpha value is -2.34. The Morgan fingerprint density at radius 1 is 1.40 bits per heavy atom. The van der Waals surface area contributed by atoms with Gasteiger partial charge in [-0.1, -0.05) is 12.1 Å². The Kier molecular flexibility index (Phi) is 4.73. The third kappa shape index (κ3) is 3.36. The number of nitrogen functional groups attached to an aromatic ring is 1. The van der Waals surface area contributed by atoms with Gasteiger partial charge in [0.25, 0.3) is 5.91 Å². The van der Waals surface area contributed by atoms with E-state index in [4.69, 9.17) is 10.5 Å². The summed E-state index contributed by atoms with van der Waals surface area (Å²) in [5.41, 5.74) is 7.61. The number of hydrogen-bond donors (Lipinski definition) is 2. The van der Waals surface area contributed by atoms with Gasteiger partial charge in [-0.25, -0.2) is 4.68 Å². The summed E-state index contributed by atoms with van der Waals surface area (Å²) < 4.78 is 6.52. The fourth-order valence-corrected chi connectivity index (χ4v) is 1.78. The summed E-state index contributed by atoms with van der Waals surface area (Å²) in [6.07, 6.45) is 2.49. The van der Waals surface area contributed by atoms with Crippen molar-refractivity contribution >= 4 is 11.6 Å². The van der Waals surface area contributed by atoms with E-state index in [1.165, 1.54) is 0 Å². The van der Waals surface area contributed by atoms with Crippen LogP contribution in [0.1, 0.15) is 16.9 Å². The molecule has 0 unspecified atom stereocenters. The molecule has 0 spiro atoms. The van der Waals surface area contributed by atoms with Crippen molar-refractivity contribution in [1.82, 2.24) is 15.1 Å². The van der Waals surface area contributed by atoms with Crippen LogP contribution < -0.4 is 11.1 Å². The zero-order chi connectivity index (χ0) is 14.4. The molecule has 6 heteroatoms. The first-order valence-electron chi connectivity index (χ1n) is 6.40. The number of nitrogens with two attached hydrogens (primary N) is 1. The topological polar surface area (TPSA) is 82.2 Å². The van der Waals surface area contributed by atoms with Crippen LogP contribution >= 0.6 is 0 Å². The molecule has 1 aromatic carbocycles. The molecule has 1 aromatic heterocycles. The van der Waals surface area contributed by atoms with Crippen LogP contribution in [-0.2, 0) is 4.74 Å². The maximum atomic E-state index is 11.9. The van der Waals surface area contributed by atoms with Crippen molar-refractivity contribution in [3.05, 3.63) is 42.2 Å². The quantitative estimate of drug-likeness (QED) is 0.613. The smallest absolute Gasteiger partial charge is 0.271 e. The van der Waals surface area contributed by atoms with Crippen LogP contribution in [0.15, 0.2) is 36.5 Å². The maximum Gasteiger partial charge on any atom is 0.271 e. The average molecular weight is 274 g/mol. The predicted octanol–water partition coefficient (Wildman–Crippen LogP) is 1.22. The van der Waals surface area contributed by atoms with Crippen molar-refractivity contribution in [3.63, 3.8) is 0 Å². The van der Waals surface area contributed by atoms with Gasteiger partial charge >= 0.3 is 0 Å². The van der Waals surface area contributed by atoms with E-state index >= 15 is 0 Å². The lowest BCUT2D eigenvalue weighted by Crippen LogP contribution is -2.25. The van der Waals surface area contributed by atoms with E-state index in [0.717, 1.165) is 12.1 Å². The number of hydrogen-bond acceptors (Lipinski definition) is 4. The molecule has 6 nitrogen and oxygen atoms in total. The number of aromatic nitrogens is 2. The lowest BCUT2D eigenvalue weighted by atomic mass is 10.3. The zero-order valence-corrected chi connectivity index (χ0v) is 11.4. The van der Waals surface area contributed by atoms with Crippen LogP contribution in [0.3, 0.4) is 0 Å². The van der Waals surface area contributed by atoms with Crippen molar-refractivity contribution in [2.75, 3.05) is 26.0 Å². The van der Waals surface area contributed by atoms with E-state index in [0.29, 0.717) is 24.5 Å². The largest absolute Gasteiger partial charge is 0.397 e. The number of anilines is 1. The molecule has 0 aliphatic heterocycles. The van der Waals surface area contributed by atoms with Crippen LogP contribution in [0.5, 0.6) is 0 Å². The molecule has 2 rings (SSSR count). The number of nitrogens with one attached hydrogen (secondary N) is 1. The van der Waals surface area contributed by atoms with Crippen molar-refractivity contribution in [2.24, 2.45) is 0 Å². The summed E-state index contributed by atoms with van der Waals surface area (Å²) in [6, 6.07) is 9.03. The molecule has 0 atom stereocenters. The van der Waals surface area contributed by atoms with Crippen LogP contribution in [0.2, 0.25) is 0 Å². The van der Waals surface area contributed by atoms with Gasteiger partial charge < -0.3 is 15.8 Å². The molecule has 3 N–H and O–H groups in total. The highest BCUT2D eigenvalue weighted by atomic mass is 16.5. The molecular formula is C14H18N4O2. The molecule has 1 heterocycles. The number of ether oxygens (including phenoxy) is 1. The van der Waals surface area contributed by atoms with Gasteiger partial charge in [-0.3, -0.25) is 4.79 Å². The number of rotatable bonds is 6. The fourth-order valence-electron chi connectivity index (χ4n) is 1.78. The van der Waals surface area contributed by atoms with Crippen LogP contribution in [0.4, 0.5) is 5.69 Å². The monoisotopic (exact) mass is 274 g/mol. The summed E-state index contributed by atoms with van der Waals surface area (Å²) in [5, 5.41) is 7.02. The van der Waals surface area contributed by atoms with Crippen LogP contribution in [0.25, 0.3) is 5.69 Å². The highest BCUT2D eigenvalue weighted by molar-refractivity contribution is 5.92. The fraction of sp³-hybridized carbons (Fsp3) is 0.286. The van der Waals surface area contributed by atoms with E-state index in [1.807, 2.05) is 18.2 Å². The molecule has 0 fully saturated rings. The van der Waals surface area contributed by atoms with Crippen LogP contribution in [-0.4, -0.2) is 35.9 Å². The van der Waals surface area contributed by atoms with Gasteiger partial charge in [0.2, 0.25) is 0 Å². The third-order valence-corrected chi connectivity index (χ3v) is 2.82. The second-order valence-electron chi connectivity index (χ2n) is 4.31. The Balaban J connectivity index is 2.02. The molecule has 0 bridgehead atoms. The minimum Gasteiger partial charge on any atom is -0.397 e. The molecule has 2 aromatic rings. The number of carbonyl (C=O) groups is 1. The second-order valence-corrected chi connectivity index (χ2v) is 4.31. The molecule has 20 heavy (non-hydrogen) atoms. The average Bonchev–Trinajstić information content (AvgIpc) is 2.93. The first-order valence-corrected chi connectivity index (χ1v) is 6.40. The highest BCUT2D eigenvalue weighted by Crippen LogP contribution is 2.15. The number of para-hydroxylation sites is 2. The number of nitrogens with zero attached hydrogens (tertiary/aromatic N) is 2. The Morgan fingerprint density at radius 2 is 2.20 bits per heavy atom. The van der Waals surface area contributed by atoms with Crippen molar-refractivity contribution in [2.45, 2.75) is 6.42 Å². The molecule has 0 saturated carbocycles.